The van der Waals surface area contributed by atoms with Crippen LogP contribution in [-0.4, -0.2) is 34.6 Å². The van der Waals surface area contributed by atoms with Gasteiger partial charge in [-0.3, -0.25) is 0 Å². The molecule has 0 aromatic heterocycles. The lowest BCUT2D eigenvalue weighted by molar-refractivity contribution is -0.156. The predicted octanol–water partition coefficient (Wildman–Crippen LogP) is 2.67. The van der Waals surface area contributed by atoms with Gasteiger partial charge in [-0.1, -0.05) is 60.7 Å². The Labute approximate surface area is 142 Å². The van der Waals surface area contributed by atoms with E-state index in [4.69, 9.17) is 9.47 Å². The van der Waals surface area contributed by atoms with Crippen LogP contribution >= 0.6 is 0 Å². The van der Waals surface area contributed by atoms with E-state index in [1.165, 1.54) is 0 Å². The second kappa shape index (κ2) is 8.40. The van der Waals surface area contributed by atoms with E-state index in [1.54, 1.807) is 0 Å². The van der Waals surface area contributed by atoms with Crippen molar-refractivity contribution >= 4 is 0 Å². The van der Waals surface area contributed by atoms with Crippen LogP contribution in [0, 0.1) is 0 Å². The van der Waals surface area contributed by atoms with Gasteiger partial charge in [0.15, 0.2) is 0 Å². The number of hydrogen-bond acceptors (Lipinski definition) is 4. The molecule has 2 aromatic rings. The minimum Gasteiger partial charge on any atom is -0.390 e. The highest BCUT2D eigenvalue weighted by molar-refractivity contribution is 5.14. The van der Waals surface area contributed by atoms with Crippen LogP contribution in [0.2, 0.25) is 0 Å². The van der Waals surface area contributed by atoms with Crippen LogP contribution in [0.15, 0.2) is 60.7 Å². The summed E-state index contributed by atoms with van der Waals surface area (Å²) in [5.41, 5.74) is 2.14. The number of aliphatic hydroxyl groups excluding tert-OH is 2. The molecule has 1 aliphatic carbocycles. The third kappa shape index (κ3) is 4.65. The van der Waals surface area contributed by atoms with Gasteiger partial charge in [0.1, 0.15) is 6.10 Å². The second-order valence-corrected chi connectivity index (χ2v) is 6.28. The standard InChI is InChI=1S/C20H24O4/c21-18-11-17(23-13-15-7-3-1-4-8-15)12-19(20(18)22)24-14-16-9-5-2-6-10-16/h1-10,17-22H,11-14H2/t17-,18+,19-,20?/m0/s1. The molecule has 4 nitrogen and oxygen atoms in total. The summed E-state index contributed by atoms with van der Waals surface area (Å²) in [4.78, 5) is 0. The molecule has 0 radical (unpaired) electrons. The van der Waals surface area contributed by atoms with Crippen molar-refractivity contribution in [3.05, 3.63) is 71.8 Å². The molecule has 128 valence electrons. The molecule has 1 saturated carbocycles. The fraction of sp³-hybridized carbons (Fsp3) is 0.400. The number of aliphatic hydroxyl groups is 2. The minimum absolute atomic E-state index is 0.121. The van der Waals surface area contributed by atoms with Crippen molar-refractivity contribution in [2.45, 2.75) is 50.5 Å². The Hall–Kier alpha value is -1.72. The van der Waals surface area contributed by atoms with E-state index in [0.717, 1.165) is 11.1 Å². The van der Waals surface area contributed by atoms with E-state index >= 15 is 0 Å². The summed E-state index contributed by atoms with van der Waals surface area (Å²) in [6.07, 6.45) is -1.22. The van der Waals surface area contributed by atoms with Crippen molar-refractivity contribution in [1.29, 1.82) is 0 Å². The first kappa shape index (κ1) is 17.1. The fourth-order valence-corrected chi connectivity index (χ4v) is 3.02. The first-order valence-electron chi connectivity index (χ1n) is 8.39. The first-order valence-corrected chi connectivity index (χ1v) is 8.39. The molecule has 0 amide bonds. The average Bonchev–Trinajstić information content (AvgIpc) is 2.63. The van der Waals surface area contributed by atoms with Crippen molar-refractivity contribution in [3.8, 4) is 0 Å². The summed E-state index contributed by atoms with van der Waals surface area (Å²) in [6.45, 7) is 0.917. The van der Waals surface area contributed by atoms with Gasteiger partial charge in [0.25, 0.3) is 0 Å². The highest BCUT2D eigenvalue weighted by Crippen LogP contribution is 2.26. The lowest BCUT2D eigenvalue weighted by Gasteiger charge is -2.36. The molecule has 1 unspecified atom stereocenters. The third-order valence-corrected chi connectivity index (χ3v) is 4.41. The molecule has 0 heterocycles. The van der Waals surface area contributed by atoms with Gasteiger partial charge in [-0.2, -0.15) is 0 Å². The molecule has 4 heteroatoms. The maximum absolute atomic E-state index is 10.2. The quantitative estimate of drug-likeness (QED) is 0.856. The van der Waals surface area contributed by atoms with E-state index in [-0.39, 0.29) is 6.10 Å². The first-order chi connectivity index (χ1) is 11.7. The average molecular weight is 328 g/mol. The Morgan fingerprint density at radius 2 is 1.29 bits per heavy atom. The molecule has 1 aliphatic rings. The fourth-order valence-electron chi connectivity index (χ4n) is 3.02. The Morgan fingerprint density at radius 1 is 0.750 bits per heavy atom. The highest BCUT2D eigenvalue weighted by Gasteiger charge is 2.37. The minimum atomic E-state index is -0.870. The largest absolute Gasteiger partial charge is 0.390 e. The van der Waals surface area contributed by atoms with Crippen LogP contribution in [0.4, 0.5) is 0 Å². The summed E-state index contributed by atoms with van der Waals surface area (Å²) in [7, 11) is 0. The van der Waals surface area contributed by atoms with Crippen molar-refractivity contribution < 1.29 is 19.7 Å². The van der Waals surface area contributed by atoms with Gasteiger partial charge in [-0.05, 0) is 11.1 Å². The van der Waals surface area contributed by atoms with Gasteiger partial charge >= 0.3 is 0 Å². The summed E-state index contributed by atoms with van der Waals surface area (Å²) in [5, 5.41) is 20.3. The SMILES string of the molecule is OC1[C@H](O)C[C@H](OCc2ccccc2)C[C@@H]1OCc1ccccc1. The molecule has 0 spiro atoms. The number of rotatable bonds is 6. The summed E-state index contributed by atoms with van der Waals surface area (Å²) in [5.74, 6) is 0. The van der Waals surface area contributed by atoms with E-state index < -0.39 is 18.3 Å². The Kier molecular flexibility index (Phi) is 5.99. The molecule has 0 aliphatic heterocycles. The van der Waals surface area contributed by atoms with Gasteiger partial charge in [0.2, 0.25) is 0 Å². The molecule has 3 rings (SSSR count). The van der Waals surface area contributed by atoms with Crippen LogP contribution in [0.1, 0.15) is 24.0 Å². The van der Waals surface area contributed by atoms with E-state index in [0.29, 0.717) is 26.1 Å². The summed E-state index contributed by atoms with van der Waals surface area (Å²) < 4.78 is 11.8. The lowest BCUT2D eigenvalue weighted by Crippen LogP contribution is -2.48. The highest BCUT2D eigenvalue weighted by atomic mass is 16.5. The molecular weight excluding hydrogens is 304 g/mol. The molecular formula is C20H24O4. The third-order valence-electron chi connectivity index (χ3n) is 4.41. The van der Waals surface area contributed by atoms with Gasteiger partial charge in [-0.15, -0.1) is 0 Å². The Bertz CT molecular complexity index is 602. The monoisotopic (exact) mass is 328 g/mol. The summed E-state index contributed by atoms with van der Waals surface area (Å²) >= 11 is 0. The molecule has 1 fully saturated rings. The second-order valence-electron chi connectivity index (χ2n) is 6.28. The van der Waals surface area contributed by atoms with Crippen molar-refractivity contribution in [2.24, 2.45) is 0 Å². The van der Waals surface area contributed by atoms with E-state index in [2.05, 4.69) is 0 Å². The molecule has 0 saturated heterocycles. The van der Waals surface area contributed by atoms with Gasteiger partial charge < -0.3 is 19.7 Å². The van der Waals surface area contributed by atoms with Crippen LogP contribution < -0.4 is 0 Å². The van der Waals surface area contributed by atoms with Crippen LogP contribution in [0.3, 0.4) is 0 Å². The van der Waals surface area contributed by atoms with Gasteiger partial charge in [0, 0.05) is 12.8 Å². The van der Waals surface area contributed by atoms with E-state index in [9.17, 15) is 10.2 Å². The van der Waals surface area contributed by atoms with Crippen molar-refractivity contribution in [1.82, 2.24) is 0 Å². The van der Waals surface area contributed by atoms with Crippen molar-refractivity contribution in [2.75, 3.05) is 0 Å². The topological polar surface area (TPSA) is 58.9 Å². The molecule has 4 atom stereocenters. The predicted molar refractivity (Wildman–Crippen MR) is 91.3 cm³/mol. The lowest BCUT2D eigenvalue weighted by atomic mass is 9.89. The zero-order valence-electron chi connectivity index (χ0n) is 13.6. The maximum atomic E-state index is 10.2. The molecule has 2 N–H and O–H groups in total. The number of ether oxygens (including phenoxy) is 2. The normalized spacial score (nSPS) is 27.1. The van der Waals surface area contributed by atoms with Crippen LogP contribution in [0.25, 0.3) is 0 Å². The van der Waals surface area contributed by atoms with Crippen LogP contribution in [-0.2, 0) is 22.7 Å². The van der Waals surface area contributed by atoms with E-state index in [1.807, 2.05) is 60.7 Å². The van der Waals surface area contributed by atoms with Gasteiger partial charge in [-0.25, -0.2) is 0 Å². The van der Waals surface area contributed by atoms with Gasteiger partial charge in [0.05, 0.1) is 31.5 Å². The Morgan fingerprint density at radius 3 is 1.88 bits per heavy atom. The number of hydrogen-bond donors (Lipinski definition) is 2. The molecule has 0 bridgehead atoms. The zero-order chi connectivity index (χ0) is 16.8. The molecule has 24 heavy (non-hydrogen) atoms. The Balaban J connectivity index is 1.53. The van der Waals surface area contributed by atoms with Crippen molar-refractivity contribution in [3.63, 3.8) is 0 Å². The van der Waals surface area contributed by atoms with Crippen LogP contribution in [0.5, 0.6) is 0 Å². The number of benzene rings is 2. The summed E-state index contributed by atoms with van der Waals surface area (Å²) in [6, 6.07) is 19.8. The smallest absolute Gasteiger partial charge is 0.106 e. The zero-order valence-corrected chi connectivity index (χ0v) is 13.6. The molecule has 2 aromatic carbocycles. The maximum Gasteiger partial charge on any atom is 0.106 e.